The van der Waals surface area contributed by atoms with Gasteiger partial charge in [0.1, 0.15) is 0 Å². The molecule has 0 atom stereocenters. The molecule has 0 unspecified atom stereocenters. The average Bonchev–Trinajstić information content (AvgIpc) is 2.89. The minimum Gasteiger partial charge on any atom is -0.318 e. The highest BCUT2D eigenvalue weighted by atomic mass is 35.5. The number of nitriles is 1. The van der Waals surface area contributed by atoms with Crippen molar-refractivity contribution >= 4 is 46.5 Å². The summed E-state index contributed by atoms with van der Waals surface area (Å²) in [5.41, 5.74) is 5.29. The standard InChI is InChI=1S/C21H15Cl3N2/c1-13-8-16(9-17(12-25)15-4-3-5-18(22)10-15)14(2)26(13)19-6-7-20(23)21(24)11-19/h3-11H,1-2H3/b17-9-. The van der Waals surface area contributed by atoms with Crippen LogP contribution in [-0.2, 0) is 0 Å². The highest BCUT2D eigenvalue weighted by molar-refractivity contribution is 6.42. The molecule has 0 spiro atoms. The van der Waals surface area contributed by atoms with E-state index < -0.39 is 0 Å². The van der Waals surface area contributed by atoms with Gasteiger partial charge in [-0.05, 0) is 67.4 Å². The van der Waals surface area contributed by atoms with Crippen molar-refractivity contribution in [2.75, 3.05) is 0 Å². The van der Waals surface area contributed by atoms with Gasteiger partial charge in [0.25, 0.3) is 0 Å². The topological polar surface area (TPSA) is 28.7 Å². The molecule has 130 valence electrons. The molecule has 1 heterocycles. The van der Waals surface area contributed by atoms with E-state index in [9.17, 15) is 5.26 Å². The van der Waals surface area contributed by atoms with Crippen LogP contribution in [0.25, 0.3) is 17.3 Å². The van der Waals surface area contributed by atoms with Gasteiger partial charge in [0, 0.05) is 22.1 Å². The van der Waals surface area contributed by atoms with Gasteiger partial charge in [-0.2, -0.15) is 5.26 Å². The molecular formula is C21H15Cl3N2. The van der Waals surface area contributed by atoms with Crippen molar-refractivity contribution in [3.63, 3.8) is 0 Å². The zero-order valence-electron chi connectivity index (χ0n) is 14.2. The fourth-order valence-electron chi connectivity index (χ4n) is 2.95. The lowest BCUT2D eigenvalue weighted by Gasteiger charge is -2.10. The highest BCUT2D eigenvalue weighted by Gasteiger charge is 2.12. The Kier molecular flexibility index (Phi) is 5.44. The van der Waals surface area contributed by atoms with Gasteiger partial charge in [-0.25, -0.2) is 0 Å². The van der Waals surface area contributed by atoms with E-state index in [1.165, 1.54) is 0 Å². The minimum atomic E-state index is 0.505. The first-order chi connectivity index (χ1) is 12.4. The summed E-state index contributed by atoms with van der Waals surface area (Å²) in [5, 5.41) is 11.2. The lowest BCUT2D eigenvalue weighted by atomic mass is 10.0. The van der Waals surface area contributed by atoms with Gasteiger partial charge in [-0.15, -0.1) is 0 Å². The molecule has 0 aliphatic carbocycles. The maximum Gasteiger partial charge on any atom is 0.0998 e. The second kappa shape index (κ2) is 7.60. The first-order valence-electron chi connectivity index (χ1n) is 7.93. The molecule has 0 aliphatic heterocycles. The van der Waals surface area contributed by atoms with E-state index in [-0.39, 0.29) is 0 Å². The number of benzene rings is 2. The molecular weight excluding hydrogens is 387 g/mol. The molecule has 3 aromatic rings. The zero-order chi connectivity index (χ0) is 18.8. The normalized spacial score (nSPS) is 11.5. The summed E-state index contributed by atoms with van der Waals surface area (Å²) in [6.07, 6.45) is 1.88. The molecule has 0 N–H and O–H groups in total. The molecule has 0 saturated carbocycles. The number of halogens is 3. The third kappa shape index (κ3) is 3.66. The molecule has 2 aromatic carbocycles. The highest BCUT2D eigenvalue weighted by Crippen LogP contribution is 2.29. The Bertz CT molecular complexity index is 1060. The fraction of sp³-hybridized carbons (Fsp3) is 0.0952. The number of hydrogen-bond donors (Lipinski definition) is 0. The number of aromatic nitrogens is 1. The van der Waals surface area contributed by atoms with Crippen molar-refractivity contribution < 1.29 is 0 Å². The summed E-state index contributed by atoms with van der Waals surface area (Å²) in [6, 6.07) is 17.1. The number of rotatable bonds is 3. The molecule has 0 radical (unpaired) electrons. The van der Waals surface area contributed by atoms with E-state index in [1.807, 2.05) is 50.3 Å². The van der Waals surface area contributed by atoms with Gasteiger partial charge in [0.15, 0.2) is 0 Å². The fourth-order valence-corrected chi connectivity index (χ4v) is 3.43. The second-order valence-corrected chi connectivity index (χ2v) is 7.19. The summed E-state index contributed by atoms with van der Waals surface area (Å²) in [7, 11) is 0. The van der Waals surface area contributed by atoms with Gasteiger partial charge in [0.05, 0.1) is 21.7 Å². The van der Waals surface area contributed by atoms with Crippen LogP contribution in [0.15, 0.2) is 48.5 Å². The number of allylic oxidation sites excluding steroid dienone is 1. The van der Waals surface area contributed by atoms with Crippen LogP contribution in [0.4, 0.5) is 0 Å². The molecule has 0 fully saturated rings. The molecule has 1 aromatic heterocycles. The van der Waals surface area contributed by atoms with Crippen LogP contribution < -0.4 is 0 Å². The Balaban J connectivity index is 2.10. The lowest BCUT2D eigenvalue weighted by Crippen LogP contribution is -1.99. The predicted octanol–water partition coefficient (Wildman–Crippen LogP) is 7.12. The average molecular weight is 402 g/mol. The lowest BCUT2D eigenvalue weighted by molar-refractivity contribution is 0.965. The molecule has 26 heavy (non-hydrogen) atoms. The number of nitrogens with zero attached hydrogens (tertiary/aromatic N) is 2. The van der Waals surface area contributed by atoms with Gasteiger partial charge < -0.3 is 4.57 Å². The smallest absolute Gasteiger partial charge is 0.0998 e. The molecule has 3 rings (SSSR count). The Labute approximate surface area is 167 Å². The third-order valence-electron chi connectivity index (χ3n) is 4.19. The van der Waals surface area contributed by atoms with Crippen molar-refractivity contribution in [3.8, 4) is 11.8 Å². The van der Waals surface area contributed by atoms with E-state index in [0.29, 0.717) is 20.6 Å². The quantitative estimate of drug-likeness (QED) is 0.429. The molecule has 0 aliphatic rings. The predicted molar refractivity (Wildman–Crippen MR) is 110 cm³/mol. The Hall–Kier alpha value is -2.18. The first-order valence-corrected chi connectivity index (χ1v) is 9.06. The van der Waals surface area contributed by atoms with Crippen molar-refractivity contribution in [2.45, 2.75) is 13.8 Å². The number of hydrogen-bond acceptors (Lipinski definition) is 1. The van der Waals surface area contributed by atoms with E-state index >= 15 is 0 Å². The molecule has 0 amide bonds. The van der Waals surface area contributed by atoms with E-state index in [4.69, 9.17) is 34.8 Å². The van der Waals surface area contributed by atoms with Crippen molar-refractivity contribution in [2.24, 2.45) is 0 Å². The monoisotopic (exact) mass is 400 g/mol. The third-order valence-corrected chi connectivity index (χ3v) is 5.16. The Morgan fingerprint density at radius 3 is 2.42 bits per heavy atom. The van der Waals surface area contributed by atoms with Gasteiger partial charge in [-0.1, -0.05) is 46.9 Å². The van der Waals surface area contributed by atoms with Crippen LogP contribution in [0.5, 0.6) is 0 Å². The van der Waals surface area contributed by atoms with E-state index in [1.54, 1.807) is 18.2 Å². The molecule has 5 heteroatoms. The Morgan fingerprint density at radius 1 is 1.00 bits per heavy atom. The molecule has 0 saturated heterocycles. The van der Waals surface area contributed by atoms with Crippen molar-refractivity contribution in [1.82, 2.24) is 4.57 Å². The van der Waals surface area contributed by atoms with Crippen molar-refractivity contribution in [3.05, 3.63) is 86.1 Å². The largest absolute Gasteiger partial charge is 0.318 e. The van der Waals surface area contributed by atoms with Crippen LogP contribution in [0.2, 0.25) is 15.1 Å². The van der Waals surface area contributed by atoms with Crippen LogP contribution in [0, 0.1) is 25.2 Å². The maximum absolute atomic E-state index is 9.58. The van der Waals surface area contributed by atoms with Gasteiger partial charge >= 0.3 is 0 Å². The minimum absolute atomic E-state index is 0.505. The summed E-state index contributed by atoms with van der Waals surface area (Å²) >= 11 is 18.2. The zero-order valence-corrected chi connectivity index (χ0v) is 16.5. The van der Waals surface area contributed by atoms with Gasteiger partial charge in [0.2, 0.25) is 0 Å². The Morgan fingerprint density at radius 2 is 1.77 bits per heavy atom. The van der Waals surface area contributed by atoms with Crippen LogP contribution >= 0.6 is 34.8 Å². The van der Waals surface area contributed by atoms with E-state index in [2.05, 4.69) is 10.6 Å². The number of aryl methyl sites for hydroxylation is 1. The summed E-state index contributed by atoms with van der Waals surface area (Å²) in [5.74, 6) is 0. The van der Waals surface area contributed by atoms with Gasteiger partial charge in [-0.3, -0.25) is 0 Å². The molecule has 2 nitrogen and oxygen atoms in total. The van der Waals surface area contributed by atoms with Crippen LogP contribution in [-0.4, -0.2) is 4.57 Å². The van der Waals surface area contributed by atoms with Crippen LogP contribution in [0.1, 0.15) is 22.5 Å². The van der Waals surface area contributed by atoms with Crippen molar-refractivity contribution in [1.29, 1.82) is 5.26 Å². The summed E-state index contributed by atoms with van der Waals surface area (Å²) < 4.78 is 2.08. The van der Waals surface area contributed by atoms with Crippen LogP contribution in [0.3, 0.4) is 0 Å². The molecule has 0 bridgehead atoms. The first kappa shape index (κ1) is 18.6. The summed E-state index contributed by atoms with van der Waals surface area (Å²) in [6.45, 7) is 4.02. The summed E-state index contributed by atoms with van der Waals surface area (Å²) in [4.78, 5) is 0. The SMILES string of the molecule is Cc1cc(/C=C(/C#N)c2cccc(Cl)c2)c(C)n1-c1ccc(Cl)c(Cl)c1. The maximum atomic E-state index is 9.58. The van der Waals surface area contributed by atoms with E-state index in [0.717, 1.165) is 28.2 Å². The second-order valence-electron chi connectivity index (χ2n) is 5.94.